The second kappa shape index (κ2) is 9.41. The van der Waals surface area contributed by atoms with E-state index in [-0.39, 0.29) is 15.8 Å². The molecule has 0 aliphatic carbocycles. The maximum atomic E-state index is 11.8. The van der Waals surface area contributed by atoms with Gasteiger partial charge in [0.15, 0.2) is 6.23 Å². The van der Waals surface area contributed by atoms with Crippen LogP contribution in [-0.4, -0.2) is 74.2 Å². The summed E-state index contributed by atoms with van der Waals surface area (Å²) in [7, 11) is -16.8. The number of phosphoric ester groups is 1. The van der Waals surface area contributed by atoms with Gasteiger partial charge in [-0.2, -0.15) is 8.62 Å². The Morgan fingerprint density at radius 2 is 1.79 bits per heavy atom. The molecule has 1 aliphatic heterocycles. The van der Waals surface area contributed by atoms with Gasteiger partial charge in [0.1, 0.15) is 24.0 Å². The molecule has 18 nitrogen and oxygen atoms in total. The summed E-state index contributed by atoms with van der Waals surface area (Å²) >= 11 is 5.08. The predicted molar refractivity (Wildman–Crippen MR) is 105 cm³/mol. The zero-order valence-corrected chi connectivity index (χ0v) is 19.2. The van der Waals surface area contributed by atoms with E-state index in [1.807, 2.05) is 0 Å². The lowest BCUT2D eigenvalue weighted by molar-refractivity contribution is -0.0530. The molecule has 1 saturated heterocycles. The second-order valence-corrected chi connectivity index (χ2v) is 11.1. The molecule has 184 valence electrons. The van der Waals surface area contributed by atoms with Crippen LogP contribution < -0.4 is 5.69 Å². The predicted octanol–water partition coefficient (Wildman–Crippen LogP) is -1.19. The van der Waals surface area contributed by atoms with E-state index in [1.165, 1.54) is 6.20 Å². The molecule has 33 heavy (non-hydrogen) atoms. The monoisotopic (exact) mass is 552 g/mol. The highest BCUT2D eigenvalue weighted by molar-refractivity contribution is 7.71. The Kier molecular flexibility index (Phi) is 7.51. The number of aromatic amines is 1. The summed E-state index contributed by atoms with van der Waals surface area (Å²) in [4.78, 5) is 56.7. The largest absolute Gasteiger partial charge is 0.490 e. The van der Waals surface area contributed by atoms with Crippen LogP contribution in [0.1, 0.15) is 6.23 Å². The summed E-state index contributed by atoms with van der Waals surface area (Å²) in [5, 5.41) is 20.8. The lowest BCUT2D eigenvalue weighted by atomic mass is 10.1. The molecule has 3 heterocycles. The highest BCUT2D eigenvalue weighted by atomic mass is 32.1. The smallest absolute Gasteiger partial charge is 0.387 e. The van der Waals surface area contributed by atoms with E-state index in [9.17, 15) is 33.6 Å². The van der Waals surface area contributed by atoms with E-state index in [4.69, 9.17) is 31.6 Å². The number of fused-ring (bicyclic) bond motifs is 1. The lowest BCUT2D eigenvalue weighted by Crippen LogP contribution is -2.33. The third-order valence-corrected chi connectivity index (χ3v) is 8.06. The van der Waals surface area contributed by atoms with E-state index >= 15 is 0 Å². The van der Waals surface area contributed by atoms with Crippen molar-refractivity contribution in [3.63, 3.8) is 0 Å². The zero-order chi connectivity index (χ0) is 24.8. The minimum absolute atomic E-state index is 0.0912. The standard InChI is InChI=1S/C11H15N4O14P3S/c16-6-5(3-26-31(22,23)29-32(24,25)28-30(19,20)21)27-9(7(6)17)15-2-4-1-12-10(18)13-8(4)14-11(15)33/h1-2,5-7,9,16-17H,3H2,(H,22,23)(H,24,25)(H2,19,20,21)(H,13,14,18,33)/t5-,6+,7?,9-/m1/s1. The van der Waals surface area contributed by atoms with Gasteiger partial charge in [-0.15, -0.1) is 0 Å². The van der Waals surface area contributed by atoms with Gasteiger partial charge in [-0.05, 0) is 12.2 Å². The van der Waals surface area contributed by atoms with Crippen LogP contribution in [0.3, 0.4) is 0 Å². The van der Waals surface area contributed by atoms with Crippen LogP contribution in [0.2, 0.25) is 0 Å². The van der Waals surface area contributed by atoms with Crippen LogP contribution in [0.25, 0.3) is 11.0 Å². The normalized spacial score (nSPS) is 27.3. The Bertz CT molecular complexity index is 1310. The maximum Gasteiger partial charge on any atom is 0.490 e. The van der Waals surface area contributed by atoms with Crippen LogP contribution in [0.5, 0.6) is 0 Å². The first-order valence-electron chi connectivity index (χ1n) is 8.35. The summed E-state index contributed by atoms with van der Waals surface area (Å²) in [5.74, 6) is 0. The molecule has 1 fully saturated rings. The minimum atomic E-state index is -5.73. The Hall–Kier alpha value is -1.27. The first-order valence-corrected chi connectivity index (χ1v) is 13.3. The van der Waals surface area contributed by atoms with E-state index in [0.29, 0.717) is 0 Å². The molecule has 3 unspecified atom stereocenters. The molecule has 0 aromatic carbocycles. The van der Waals surface area contributed by atoms with Gasteiger partial charge in [0.25, 0.3) is 0 Å². The number of aliphatic hydroxyl groups is 2. The third kappa shape index (κ3) is 6.66. The molecule has 2 aromatic rings. The van der Waals surface area contributed by atoms with Crippen LogP contribution in [-0.2, 0) is 31.6 Å². The average Bonchev–Trinajstić information content (AvgIpc) is 2.91. The van der Waals surface area contributed by atoms with Gasteiger partial charge >= 0.3 is 29.2 Å². The number of nitrogens with one attached hydrogen (secondary N) is 1. The summed E-state index contributed by atoms with van der Waals surface area (Å²) < 4.78 is 51.7. The summed E-state index contributed by atoms with van der Waals surface area (Å²) in [6.45, 7) is -0.998. The third-order valence-electron chi connectivity index (χ3n) is 3.96. The van der Waals surface area contributed by atoms with Crippen molar-refractivity contribution >= 4 is 46.7 Å². The number of phosphoric acid groups is 3. The van der Waals surface area contributed by atoms with Gasteiger partial charge in [-0.1, -0.05) is 0 Å². The second-order valence-electron chi connectivity index (χ2n) is 6.36. The van der Waals surface area contributed by atoms with Crippen LogP contribution in [0.15, 0.2) is 17.2 Å². The topological polar surface area (TPSA) is 273 Å². The van der Waals surface area contributed by atoms with Gasteiger partial charge in [0.2, 0.25) is 4.77 Å². The van der Waals surface area contributed by atoms with E-state index < -0.39 is 60.3 Å². The fraction of sp³-hybridized carbons (Fsp3) is 0.455. The SMILES string of the molecule is O=c1ncc2cn([C@@H]3O[C@H](COP(=O)(O)OP(=O)(O)OP(=O)(O)O)[C@H](O)C3O)c(=S)nc2[nH]1. The number of aliphatic hydroxyl groups excluding tert-OH is 2. The molecule has 0 amide bonds. The highest BCUT2D eigenvalue weighted by Gasteiger charge is 2.46. The molecule has 0 spiro atoms. The molecule has 22 heteroatoms. The van der Waals surface area contributed by atoms with E-state index in [2.05, 4.69) is 28.1 Å². The van der Waals surface area contributed by atoms with Gasteiger partial charge in [0.05, 0.1) is 12.0 Å². The molecule has 6 atom stereocenters. The van der Waals surface area contributed by atoms with Crippen molar-refractivity contribution in [1.82, 2.24) is 19.5 Å². The number of ether oxygens (including phenoxy) is 1. The number of hydrogen-bond acceptors (Lipinski definition) is 13. The minimum Gasteiger partial charge on any atom is -0.387 e. The number of rotatable bonds is 8. The van der Waals surface area contributed by atoms with Crippen molar-refractivity contribution in [2.45, 2.75) is 24.5 Å². The number of aromatic nitrogens is 4. The quantitative estimate of drug-likeness (QED) is 0.150. The van der Waals surface area contributed by atoms with Gasteiger partial charge < -0.3 is 34.5 Å². The Morgan fingerprint density at radius 1 is 1.12 bits per heavy atom. The summed E-state index contributed by atoms with van der Waals surface area (Å²) in [6.07, 6.45) is -3.82. The molecule has 0 bridgehead atoms. The Labute approximate surface area is 186 Å². The maximum absolute atomic E-state index is 11.8. The van der Waals surface area contributed by atoms with Gasteiger partial charge in [-0.3, -0.25) is 14.1 Å². The summed E-state index contributed by atoms with van der Waals surface area (Å²) in [6, 6.07) is 0. The van der Waals surface area contributed by atoms with E-state index in [0.717, 1.165) is 10.8 Å². The zero-order valence-electron chi connectivity index (χ0n) is 15.7. The van der Waals surface area contributed by atoms with Crippen LogP contribution >= 0.6 is 35.7 Å². The molecule has 0 radical (unpaired) electrons. The van der Waals surface area contributed by atoms with Crippen molar-refractivity contribution in [1.29, 1.82) is 0 Å². The number of hydrogen-bond donors (Lipinski definition) is 7. The van der Waals surface area contributed by atoms with E-state index in [1.54, 1.807) is 0 Å². The van der Waals surface area contributed by atoms with Gasteiger partial charge in [0, 0.05) is 12.4 Å². The van der Waals surface area contributed by atoms with Crippen LogP contribution in [0, 0.1) is 4.77 Å². The van der Waals surface area contributed by atoms with Crippen molar-refractivity contribution in [2.24, 2.45) is 0 Å². The first-order chi connectivity index (χ1) is 15.1. The van der Waals surface area contributed by atoms with Crippen molar-refractivity contribution in [3.8, 4) is 0 Å². The molecule has 2 aromatic heterocycles. The number of nitrogens with zero attached hydrogens (tertiary/aromatic N) is 3. The average molecular weight is 552 g/mol. The molecular weight excluding hydrogens is 537 g/mol. The Balaban J connectivity index is 1.73. The molecular formula is C11H15N4O14P3S. The van der Waals surface area contributed by atoms with Crippen molar-refractivity contribution in [2.75, 3.05) is 6.61 Å². The van der Waals surface area contributed by atoms with Crippen molar-refractivity contribution in [3.05, 3.63) is 27.6 Å². The van der Waals surface area contributed by atoms with Crippen molar-refractivity contribution < 1.29 is 61.4 Å². The molecule has 7 N–H and O–H groups in total. The molecule has 3 rings (SSSR count). The molecule has 0 saturated carbocycles. The first kappa shape index (κ1) is 26.3. The van der Waals surface area contributed by atoms with Gasteiger partial charge in [-0.25, -0.2) is 28.5 Å². The highest BCUT2D eigenvalue weighted by Crippen LogP contribution is 2.66. The molecule has 1 aliphatic rings. The Morgan fingerprint density at radius 3 is 2.42 bits per heavy atom. The fourth-order valence-corrected chi connectivity index (χ4v) is 5.97. The van der Waals surface area contributed by atoms with Crippen LogP contribution in [0.4, 0.5) is 0 Å². The summed E-state index contributed by atoms with van der Waals surface area (Å²) in [5.41, 5.74) is -0.588. The lowest BCUT2D eigenvalue weighted by Gasteiger charge is -2.19. The fourth-order valence-electron chi connectivity index (χ4n) is 2.69. The number of H-pyrrole nitrogens is 1.